The van der Waals surface area contributed by atoms with E-state index < -0.39 is 0 Å². The molecule has 1 fully saturated rings. The summed E-state index contributed by atoms with van der Waals surface area (Å²) in [7, 11) is 0. The molecular weight excluding hydrogens is 318 g/mol. The van der Waals surface area contributed by atoms with Crippen molar-refractivity contribution in [3.05, 3.63) is 47.5 Å². The van der Waals surface area contributed by atoms with E-state index in [2.05, 4.69) is 20.2 Å². The molecule has 7 nitrogen and oxygen atoms in total. The molecule has 2 aromatic rings. The first-order chi connectivity index (χ1) is 12.3. The fourth-order valence-corrected chi connectivity index (χ4v) is 3.26. The molecule has 0 saturated carbocycles. The molecule has 2 aliphatic heterocycles. The van der Waals surface area contributed by atoms with Gasteiger partial charge in [0.2, 0.25) is 5.95 Å². The number of fused-ring (bicyclic) bond motifs is 1. The van der Waals surface area contributed by atoms with Crippen LogP contribution in [0.4, 0.5) is 5.95 Å². The van der Waals surface area contributed by atoms with Gasteiger partial charge in [-0.25, -0.2) is 9.97 Å². The number of hydrogen-bond acceptors (Lipinski definition) is 6. The van der Waals surface area contributed by atoms with Gasteiger partial charge in [0.25, 0.3) is 5.91 Å². The van der Waals surface area contributed by atoms with E-state index in [9.17, 15) is 4.79 Å². The zero-order valence-corrected chi connectivity index (χ0v) is 14.0. The van der Waals surface area contributed by atoms with Crippen molar-refractivity contribution < 1.29 is 9.53 Å². The number of hydrogen-bond donors (Lipinski definition) is 1. The zero-order chi connectivity index (χ0) is 17.1. The molecule has 0 atom stereocenters. The average molecular weight is 339 g/mol. The van der Waals surface area contributed by atoms with Crippen LogP contribution in [0.5, 0.6) is 0 Å². The molecule has 4 rings (SSSR count). The first-order valence-corrected chi connectivity index (χ1v) is 8.68. The second-order valence-corrected chi connectivity index (χ2v) is 6.42. The summed E-state index contributed by atoms with van der Waals surface area (Å²) in [6.45, 7) is 3.02. The zero-order valence-electron chi connectivity index (χ0n) is 14.0. The van der Waals surface area contributed by atoms with Crippen LogP contribution >= 0.6 is 0 Å². The number of aromatic nitrogens is 3. The van der Waals surface area contributed by atoms with Crippen LogP contribution < -0.4 is 10.2 Å². The molecule has 7 heteroatoms. The fraction of sp³-hybridized carbons (Fsp3) is 0.444. The highest BCUT2D eigenvalue weighted by Gasteiger charge is 2.23. The van der Waals surface area contributed by atoms with Crippen molar-refractivity contribution in [3.8, 4) is 0 Å². The third-order valence-corrected chi connectivity index (χ3v) is 4.72. The molecule has 25 heavy (non-hydrogen) atoms. The van der Waals surface area contributed by atoms with Gasteiger partial charge in [-0.05, 0) is 25.0 Å². The largest absolute Gasteiger partial charge is 0.376 e. The third-order valence-electron chi connectivity index (χ3n) is 4.72. The van der Waals surface area contributed by atoms with Gasteiger partial charge in [0.15, 0.2) is 0 Å². The summed E-state index contributed by atoms with van der Waals surface area (Å²) in [5, 5.41) is 3.09. The number of piperidine rings is 1. The van der Waals surface area contributed by atoms with Crippen LogP contribution in [0.1, 0.15) is 34.5 Å². The van der Waals surface area contributed by atoms with E-state index in [0.717, 1.165) is 56.2 Å². The van der Waals surface area contributed by atoms with Gasteiger partial charge in [-0.1, -0.05) is 0 Å². The van der Waals surface area contributed by atoms with E-state index in [4.69, 9.17) is 9.72 Å². The fourth-order valence-electron chi connectivity index (χ4n) is 3.26. The number of anilines is 1. The van der Waals surface area contributed by atoms with E-state index in [1.54, 1.807) is 24.5 Å². The molecule has 1 amide bonds. The SMILES string of the molecule is O=C(NC1CCN(c2ncc3c(n2)CCOC3)CC1)c1cccnc1. The van der Waals surface area contributed by atoms with Crippen molar-refractivity contribution in [2.45, 2.75) is 31.9 Å². The van der Waals surface area contributed by atoms with Gasteiger partial charge in [0, 0.05) is 49.7 Å². The molecule has 0 bridgehead atoms. The topological polar surface area (TPSA) is 80.2 Å². The summed E-state index contributed by atoms with van der Waals surface area (Å²) in [6, 6.07) is 3.73. The first kappa shape index (κ1) is 16.0. The van der Waals surface area contributed by atoms with Crippen molar-refractivity contribution in [1.29, 1.82) is 0 Å². The highest BCUT2D eigenvalue weighted by atomic mass is 16.5. The number of carbonyl (C=O) groups is 1. The monoisotopic (exact) mass is 339 g/mol. The number of nitrogens with one attached hydrogen (secondary N) is 1. The number of ether oxygens (including phenoxy) is 1. The molecular formula is C18H21N5O2. The maximum atomic E-state index is 12.2. The van der Waals surface area contributed by atoms with Crippen LogP contribution in [0.25, 0.3) is 0 Å². The summed E-state index contributed by atoms with van der Waals surface area (Å²) >= 11 is 0. The van der Waals surface area contributed by atoms with Crippen molar-refractivity contribution in [1.82, 2.24) is 20.3 Å². The van der Waals surface area contributed by atoms with Crippen molar-refractivity contribution in [2.24, 2.45) is 0 Å². The average Bonchev–Trinajstić information content (AvgIpc) is 2.69. The Morgan fingerprint density at radius 3 is 2.96 bits per heavy atom. The summed E-state index contributed by atoms with van der Waals surface area (Å²) in [4.78, 5) is 27.6. The molecule has 0 radical (unpaired) electrons. The molecule has 130 valence electrons. The third kappa shape index (κ3) is 3.61. The van der Waals surface area contributed by atoms with Crippen molar-refractivity contribution in [3.63, 3.8) is 0 Å². The minimum Gasteiger partial charge on any atom is -0.376 e. The van der Waals surface area contributed by atoms with Gasteiger partial charge in [-0.15, -0.1) is 0 Å². The highest BCUT2D eigenvalue weighted by Crippen LogP contribution is 2.20. The Hall–Kier alpha value is -2.54. The molecule has 1 saturated heterocycles. The van der Waals surface area contributed by atoms with Crippen LogP contribution in [0, 0.1) is 0 Å². The Kier molecular flexibility index (Phi) is 4.56. The van der Waals surface area contributed by atoms with E-state index in [0.29, 0.717) is 12.2 Å². The predicted molar refractivity (Wildman–Crippen MR) is 92.3 cm³/mol. The minimum atomic E-state index is -0.0587. The second-order valence-electron chi connectivity index (χ2n) is 6.42. The van der Waals surface area contributed by atoms with Gasteiger partial charge in [-0.3, -0.25) is 9.78 Å². The molecule has 0 unspecified atom stereocenters. The van der Waals surface area contributed by atoms with E-state index in [1.165, 1.54) is 0 Å². The Morgan fingerprint density at radius 1 is 1.28 bits per heavy atom. The van der Waals surface area contributed by atoms with Gasteiger partial charge in [-0.2, -0.15) is 0 Å². The maximum Gasteiger partial charge on any atom is 0.253 e. The number of carbonyl (C=O) groups excluding carboxylic acids is 1. The normalized spacial score (nSPS) is 17.8. The van der Waals surface area contributed by atoms with Crippen LogP contribution in [0.3, 0.4) is 0 Å². The molecule has 0 spiro atoms. The molecule has 0 aromatic carbocycles. The highest BCUT2D eigenvalue weighted by molar-refractivity contribution is 5.94. The minimum absolute atomic E-state index is 0.0587. The lowest BCUT2D eigenvalue weighted by atomic mass is 10.0. The van der Waals surface area contributed by atoms with Crippen LogP contribution in [0.2, 0.25) is 0 Å². The predicted octanol–water partition coefficient (Wildman–Crippen LogP) is 1.34. The summed E-state index contributed by atoms with van der Waals surface area (Å²) < 4.78 is 5.43. The van der Waals surface area contributed by atoms with Crippen molar-refractivity contribution >= 4 is 11.9 Å². The van der Waals surface area contributed by atoms with E-state index in [-0.39, 0.29) is 11.9 Å². The van der Waals surface area contributed by atoms with Gasteiger partial charge in [0.05, 0.1) is 24.5 Å². The Bertz CT molecular complexity index is 744. The quantitative estimate of drug-likeness (QED) is 0.909. The summed E-state index contributed by atoms with van der Waals surface area (Å²) in [5.74, 6) is 0.731. The van der Waals surface area contributed by atoms with Gasteiger partial charge >= 0.3 is 0 Å². The van der Waals surface area contributed by atoms with E-state index in [1.807, 2.05) is 6.20 Å². The van der Waals surface area contributed by atoms with Crippen molar-refractivity contribution in [2.75, 3.05) is 24.6 Å². The van der Waals surface area contributed by atoms with Crippen LogP contribution in [-0.2, 0) is 17.8 Å². The molecule has 2 aliphatic rings. The lowest BCUT2D eigenvalue weighted by molar-refractivity contribution is 0.0930. The van der Waals surface area contributed by atoms with Gasteiger partial charge < -0.3 is 15.0 Å². The lowest BCUT2D eigenvalue weighted by Crippen LogP contribution is -2.45. The Labute approximate surface area is 146 Å². The van der Waals surface area contributed by atoms with Crippen LogP contribution in [-0.4, -0.2) is 46.6 Å². The number of pyridine rings is 1. The van der Waals surface area contributed by atoms with Gasteiger partial charge in [0.1, 0.15) is 0 Å². The molecule has 4 heterocycles. The molecule has 1 N–H and O–H groups in total. The summed E-state index contributed by atoms with van der Waals surface area (Å²) in [6.07, 6.45) is 7.76. The lowest BCUT2D eigenvalue weighted by Gasteiger charge is -2.32. The second kappa shape index (κ2) is 7.14. The summed E-state index contributed by atoms with van der Waals surface area (Å²) in [5.41, 5.74) is 2.79. The standard InChI is InChI=1S/C18H21N5O2/c24-17(13-2-1-6-19-10-13)21-15-3-7-23(8-4-15)18-20-11-14-12-25-9-5-16(14)22-18/h1-2,6,10-11,15H,3-5,7-9,12H2,(H,21,24). The first-order valence-electron chi connectivity index (χ1n) is 8.68. The number of nitrogens with zero attached hydrogens (tertiary/aromatic N) is 4. The van der Waals surface area contributed by atoms with E-state index >= 15 is 0 Å². The number of rotatable bonds is 3. The molecule has 2 aromatic heterocycles. The number of amides is 1. The maximum absolute atomic E-state index is 12.2. The Balaban J connectivity index is 1.35. The Morgan fingerprint density at radius 2 is 2.16 bits per heavy atom. The smallest absolute Gasteiger partial charge is 0.253 e. The van der Waals surface area contributed by atoms with Crippen LogP contribution in [0.15, 0.2) is 30.7 Å². The molecule has 0 aliphatic carbocycles.